The summed E-state index contributed by atoms with van der Waals surface area (Å²) in [5.41, 5.74) is 3.72. The summed E-state index contributed by atoms with van der Waals surface area (Å²) in [5.74, 6) is -0.592. The average molecular weight is 367 g/mol. The first-order chi connectivity index (χ1) is 12.8. The normalized spacial score (nSPS) is 10.6. The molecule has 0 aliphatic rings. The lowest BCUT2D eigenvalue weighted by molar-refractivity contribution is -0.119. The van der Waals surface area contributed by atoms with Crippen molar-refractivity contribution in [1.29, 1.82) is 0 Å². The van der Waals surface area contributed by atoms with Gasteiger partial charge in [-0.1, -0.05) is 30.3 Å². The topological polar surface area (TPSA) is 78.5 Å². The maximum absolute atomic E-state index is 12.3. The molecule has 2 N–H and O–H groups in total. The Balaban J connectivity index is 1.91. The largest absolute Gasteiger partial charge is 0.324 e. The van der Waals surface area contributed by atoms with Gasteiger partial charge in [-0.3, -0.25) is 19.3 Å². The summed E-state index contributed by atoms with van der Waals surface area (Å²) >= 11 is 0. The first kappa shape index (κ1) is 20.3. The fourth-order valence-electron chi connectivity index (χ4n) is 2.83. The van der Waals surface area contributed by atoms with Crippen LogP contribution >= 0.6 is 0 Å². The predicted molar refractivity (Wildman–Crippen MR) is 107 cm³/mol. The van der Waals surface area contributed by atoms with E-state index in [4.69, 9.17) is 0 Å². The van der Waals surface area contributed by atoms with Crippen LogP contribution in [0.25, 0.3) is 0 Å². The third-order valence-corrected chi connectivity index (χ3v) is 4.15. The highest BCUT2D eigenvalue weighted by atomic mass is 16.2. The summed E-state index contributed by atoms with van der Waals surface area (Å²) in [4.78, 5) is 37.8. The summed E-state index contributed by atoms with van der Waals surface area (Å²) < 4.78 is 0. The zero-order valence-electron chi connectivity index (χ0n) is 16.1. The van der Waals surface area contributed by atoms with Crippen LogP contribution in [0.3, 0.4) is 0 Å². The molecule has 0 bridgehead atoms. The number of anilines is 2. The summed E-state index contributed by atoms with van der Waals surface area (Å²) in [5, 5.41) is 5.63. The van der Waals surface area contributed by atoms with E-state index >= 15 is 0 Å². The van der Waals surface area contributed by atoms with E-state index in [0.717, 1.165) is 16.8 Å². The van der Waals surface area contributed by atoms with E-state index in [1.807, 2.05) is 32.0 Å². The number of Topliss-reactive ketones (excluding diaryl/α,β-unsaturated/α-hetero) is 1. The van der Waals surface area contributed by atoms with Gasteiger partial charge in [-0.2, -0.15) is 0 Å². The van der Waals surface area contributed by atoms with Crippen molar-refractivity contribution in [2.75, 3.05) is 30.8 Å². The van der Waals surface area contributed by atoms with Gasteiger partial charge in [0, 0.05) is 11.3 Å². The molecule has 0 fully saturated rings. The second-order valence-corrected chi connectivity index (χ2v) is 6.64. The Hall–Kier alpha value is -2.99. The smallest absolute Gasteiger partial charge is 0.238 e. The average Bonchev–Trinajstić information content (AvgIpc) is 2.58. The molecule has 0 spiro atoms. The molecule has 6 nitrogen and oxygen atoms in total. The summed E-state index contributed by atoms with van der Waals surface area (Å²) in [6.07, 6.45) is 0. The molecular weight excluding hydrogens is 342 g/mol. The van der Waals surface area contributed by atoms with Crippen molar-refractivity contribution in [2.45, 2.75) is 20.8 Å². The van der Waals surface area contributed by atoms with Crippen molar-refractivity contribution in [3.05, 3.63) is 59.2 Å². The van der Waals surface area contributed by atoms with Crippen molar-refractivity contribution < 1.29 is 14.4 Å². The number of ketones is 1. The number of likely N-dealkylation sites (N-methyl/N-ethyl adjacent to an activating group) is 1. The SMILES string of the molecule is CC(=O)c1ccccc1NC(=O)CN(C)CC(=O)Nc1c(C)cccc1C. The van der Waals surface area contributed by atoms with Gasteiger partial charge in [0.2, 0.25) is 11.8 Å². The number of para-hydroxylation sites is 2. The number of nitrogens with zero attached hydrogens (tertiary/aromatic N) is 1. The van der Waals surface area contributed by atoms with Crippen LogP contribution in [-0.2, 0) is 9.59 Å². The maximum atomic E-state index is 12.3. The van der Waals surface area contributed by atoms with Crippen LogP contribution in [0.5, 0.6) is 0 Å². The molecule has 27 heavy (non-hydrogen) atoms. The molecular formula is C21H25N3O3. The number of hydrogen-bond donors (Lipinski definition) is 2. The van der Waals surface area contributed by atoms with Crippen molar-refractivity contribution >= 4 is 29.0 Å². The van der Waals surface area contributed by atoms with Gasteiger partial charge in [-0.05, 0) is 51.1 Å². The number of nitrogens with one attached hydrogen (secondary N) is 2. The van der Waals surface area contributed by atoms with Crippen molar-refractivity contribution in [3.63, 3.8) is 0 Å². The van der Waals surface area contributed by atoms with Gasteiger partial charge in [0.15, 0.2) is 5.78 Å². The molecule has 0 atom stereocenters. The molecule has 2 amide bonds. The van der Waals surface area contributed by atoms with Crippen LogP contribution in [0, 0.1) is 13.8 Å². The Morgan fingerprint density at radius 2 is 1.41 bits per heavy atom. The van der Waals surface area contributed by atoms with Gasteiger partial charge >= 0.3 is 0 Å². The van der Waals surface area contributed by atoms with E-state index < -0.39 is 0 Å². The molecule has 0 unspecified atom stereocenters. The lowest BCUT2D eigenvalue weighted by Crippen LogP contribution is -2.36. The Morgan fingerprint density at radius 3 is 2.00 bits per heavy atom. The Bertz CT molecular complexity index is 841. The quantitative estimate of drug-likeness (QED) is 0.738. The second-order valence-electron chi connectivity index (χ2n) is 6.64. The number of hydrogen-bond acceptors (Lipinski definition) is 4. The molecule has 0 saturated carbocycles. The van der Waals surface area contributed by atoms with Crippen LogP contribution in [0.4, 0.5) is 11.4 Å². The zero-order valence-corrected chi connectivity index (χ0v) is 16.1. The van der Waals surface area contributed by atoms with Gasteiger partial charge in [0.05, 0.1) is 18.8 Å². The Kier molecular flexibility index (Phi) is 6.85. The molecule has 0 radical (unpaired) electrons. The van der Waals surface area contributed by atoms with E-state index in [1.165, 1.54) is 6.92 Å². The van der Waals surface area contributed by atoms with Crippen molar-refractivity contribution in [1.82, 2.24) is 4.90 Å². The van der Waals surface area contributed by atoms with Gasteiger partial charge in [-0.15, -0.1) is 0 Å². The standard InChI is InChI=1S/C21H25N3O3/c1-14-8-7-9-15(2)21(14)23-20(27)13-24(4)12-19(26)22-18-11-6-5-10-17(18)16(3)25/h5-11H,12-13H2,1-4H3,(H,22,26)(H,23,27). The van der Waals surface area contributed by atoms with Gasteiger partial charge in [0.25, 0.3) is 0 Å². The van der Waals surface area contributed by atoms with Gasteiger partial charge in [0.1, 0.15) is 0 Å². The van der Waals surface area contributed by atoms with Crippen molar-refractivity contribution in [3.8, 4) is 0 Å². The summed E-state index contributed by atoms with van der Waals surface area (Å²) in [6, 6.07) is 12.7. The first-order valence-electron chi connectivity index (χ1n) is 8.72. The molecule has 0 aromatic heterocycles. The fraction of sp³-hybridized carbons (Fsp3) is 0.286. The van der Waals surface area contributed by atoms with E-state index in [2.05, 4.69) is 10.6 Å². The van der Waals surface area contributed by atoms with E-state index in [-0.39, 0.29) is 30.7 Å². The Morgan fingerprint density at radius 1 is 0.852 bits per heavy atom. The van der Waals surface area contributed by atoms with Crippen molar-refractivity contribution in [2.24, 2.45) is 0 Å². The number of aryl methyl sites for hydroxylation is 2. The van der Waals surface area contributed by atoms with E-state index in [9.17, 15) is 14.4 Å². The monoisotopic (exact) mass is 367 g/mol. The van der Waals surface area contributed by atoms with Crippen LogP contribution in [0.15, 0.2) is 42.5 Å². The highest BCUT2D eigenvalue weighted by molar-refractivity contribution is 6.04. The number of rotatable bonds is 7. The first-order valence-corrected chi connectivity index (χ1v) is 8.72. The third-order valence-electron chi connectivity index (χ3n) is 4.15. The minimum absolute atomic E-state index is 0.0341. The van der Waals surface area contributed by atoms with Crippen LogP contribution in [0.2, 0.25) is 0 Å². The predicted octanol–water partition coefficient (Wildman–Crippen LogP) is 3.02. The van der Waals surface area contributed by atoms with E-state index in [0.29, 0.717) is 11.3 Å². The number of amides is 2. The van der Waals surface area contributed by atoms with Crippen LogP contribution in [-0.4, -0.2) is 42.6 Å². The molecule has 2 aromatic carbocycles. The molecule has 2 aromatic rings. The number of carbonyl (C=O) groups is 3. The highest BCUT2D eigenvalue weighted by Crippen LogP contribution is 2.19. The number of benzene rings is 2. The summed E-state index contributed by atoms with van der Waals surface area (Å²) in [6.45, 7) is 5.44. The maximum Gasteiger partial charge on any atom is 0.238 e. The molecule has 0 saturated heterocycles. The summed E-state index contributed by atoms with van der Waals surface area (Å²) in [7, 11) is 1.70. The molecule has 2 rings (SSSR count). The molecule has 0 aliphatic heterocycles. The minimum atomic E-state index is -0.286. The third kappa shape index (κ3) is 5.76. The molecule has 0 aliphatic carbocycles. The molecule has 0 heterocycles. The van der Waals surface area contributed by atoms with Gasteiger partial charge in [-0.25, -0.2) is 0 Å². The second kappa shape index (κ2) is 9.09. The zero-order chi connectivity index (χ0) is 20.0. The lowest BCUT2D eigenvalue weighted by Gasteiger charge is -2.18. The highest BCUT2D eigenvalue weighted by Gasteiger charge is 2.14. The van der Waals surface area contributed by atoms with E-state index in [1.54, 1.807) is 36.2 Å². The Labute approximate surface area is 159 Å². The fourth-order valence-corrected chi connectivity index (χ4v) is 2.83. The van der Waals surface area contributed by atoms with Crippen LogP contribution < -0.4 is 10.6 Å². The number of carbonyl (C=O) groups excluding carboxylic acids is 3. The molecule has 142 valence electrons. The van der Waals surface area contributed by atoms with Gasteiger partial charge < -0.3 is 10.6 Å². The molecule has 6 heteroatoms. The van der Waals surface area contributed by atoms with Crippen LogP contribution in [0.1, 0.15) is 28.4 Å². The lowest BCUT2D eigenvalue weighted by atomic mass is 10.1. The minimum Gasteiger partial charge on any atom is -0.324 e.